The van der Waals surface area contributed by atoms with E-state index in [1.807, 2.05) is 12.1 Å². The Morgan fingerprint density at radius 3 is 3.30 bits per heavy atom. The highest BCUT2D eigenvalue weighted by Gasteiger charge is 1.99. The summed E-state index contributed by atoms with van der Waals surface area (Å²) in [5.74, 6) is 0.00981. The van der Waals surface area contributed by atoms with Gasteiger partial charge in [0.2, 0.25) is 5.88 Å². The topological polar surface area (TPSA) is 48.9 Å². The molecule has 0 atom stereocenters. The van der Waals surface area contributed by atoms with E-state index in [0.717, 1.165) is 5.52 Å². The van der Waals surface area contributed by atoms with Crippen LogP contribution < -0.4 is 0 Å². The molecule has 0 bridgehead atoms. The predicted octanol–water partition coefficient (Wildman–Crippen LogP) is 1.07. The van der Waals surface area contributed by atoms with Crippen molar-refractivity contribution in [2.45, 2.75) is 0 Å². The lowest BCUT2D eigenvalue weighted by atomic mass is 10.2. The number of aromatic nitrogens is 2. The lowest BCUT2D eigenvalue weighted by Gasteiger charge is -1.82. The number of aromatic hydroxyl groups is 1. The van der Waals surface area contributed by atoms with Gasteiger partial charge in [-0.1, -0.05) is 12.1 Å². The van der Waals surface area contributed by atoms with Crippen LogP contribution in [0.25, 0.3) is 10.9 Å². The lowest BCUT2D eigenvalue weighted by molar-refractivity contribution is 0.457. The number of hydrogen-bond donors (Lipinski definition) is 2. The second-order valence-corrected chi connectivity index (χ2v) is 2.01. The van der Waals surface area contributed by atoms with Crippen molar-refractivity contribution in [2.24, 2.45) is 0 Å². The number of fused-ring (bicyclic) bond motifs is 1. The second-order valence-electron chi connectivity index (χ2n) is 2.01. The summed E-state index contributed by atoms with van der Waals surface area (Å²) < 4.78 is 0. The summed E-state index contributed by atoms with van der Waals surface area (Å²) in [5, 5.41) is 15.9. The van der Waals surface area contributed by atoms with Crippen LogP contribution in [0.3, 0.4) is 0 Å². The van der Waals surface area contributed by atoms with Gasteiger partial charge in [0.15, 0.2) is 0 Å². The van der Waals surface area contributed by atoms with Crippen molar-refractivity contribution in [2.75, 3.05) is 0 Å². The zero-order valence-corrected chi connectivity index (χ0v) is 5.13. The van der Waals surface area contributed by atoms with Crippen LogP contribution in [-0.2, 0) is 0 Å². The first-order valence-electron chi connectivity index (χ1n) is 2.91. The van der Waals surface area contributed by atoms with Gasteiger partial charge in [-0.2, -0.15) is 0 Å². The summed E-state index contributed by atoms with van der Waals surface area (Å²) in [7, 11) is 0. The first-order chi connectivity index (χ1) is 4.88. The van der Waals surface area contributed by atoms with Gasteiger partial charge in [-0.25, -0.2) is 0 Å². The molecular weight excluding hydrogens is 128 g/mol. The van der Waals surface area contributed by atoms with E-state index in [4.69, 9.17) is 5.11 Å². The minimum Gasteiger partial charge on any atom is -0.492 e. The van der Waals surface area contributed by atoms with Crippen molar-refractivity contribution in [1.82, 2.24) is 10.2 Å². The molecule has 49 valence electrons. The van der Waals surface area contributed by atoms with Crippen LogP contribution in [0.4, 0.5) is 0 Å². The number of rotatable bonds is 0. The van der Waals surface area contributed by atoms with Crippen molar-refractivity contribution >= 4 is 10.9 Å². The summed E-state index contributed by atoms with van der Waals surface area (Å²) in [6, 6.07) is 8.25. The Labute approximate surface area is 57.3 Å². The molecule has 3 heteroatoms. The molecule has 0 amide bonds. The Balaban J connectivity index is 2.93. The van der Waals surface area contributed by atoms with Crippen LogP contribution in [0.15, 0.2) is 18.2 Å². The summed E-state index contributed by atoms with van der Waals surface area (Å²) in [5.41, 5.74) is 0.806. The highest BCUT2D eigenvalue weighted by molar-refractivity contribution is 5.82. The Hall–Kier alpha value is -1.51. The number of nitrogens with one attached hydrogen (secondary N) is 1. The second kappa shape index (κ2) is 1.73. The predicted molar refractivity (Wildman–Crippen MR) is 36.6 cm³/mol. The molecule has 0 aliphatic carbocycles. The molecule has 0 fully saturated rings. The fraction of sp³-hybridized carbons (Fsp3) is 0. The molecule has 1 radical (unpaired) electrons. The van der Waals surface area contributed by atoms with Crippen LogP contribution in [0.5, 0.6) is 5.88 Å². The first-order valence-corrected chi connectivity index (χ1v) is 2.91. The first kappa shape index (κ1) is 5.29. The highest BCUT2D eigenvalue weighted by atomic mass is 16.3. The Bertz CT molecular complexity index is 353. The zero-order chi connectivity index (χ0) is 6.97. The van der Waals surface area contributed by atoms with Gasteiger partial charge in [0.05, 0.1) is 10.9 Å². The molecule has 0 aliphatic heterocycles. The van der Waals surface area contributed by atoms with Crippen LogP contribution in [0.1, 0.15) is 0 Å². The average Bonchev–Trinajstić information content (AvgIpc) is 2.34. The van der Waals surface area contributed by atoms with Crippen LogP contribution in [0.2, 0.25) is 0 Å². The molecule has 2 aromatic rings. The van der Waals surface area contributed by atoms with Gasteiger partial charge in [0.25, 0.3) is 0 Å². The third kappa shape index (κ3) is 0.572. The van der Waals surface area contributed by atoms with Crippen LogP contribution in [0, 0.1) is 6.07 Å². The number of hydrogen-bond acceptors (Lipinski definition) is 2. The molecule has 1 aromatic carbocycles. The average molecular weight is 133 g/mol. The fourth-order valence-electron chi connectivity index (χ4n) is 0.884. The van der Waals surface area contributed by atoms with Gasteiger partial charge in [0.1, 0.15) is 0 Å². The van der Waals surface area contributed by atoms with Crippen molar-refractivity contribution < 1.29 is 5.11 Å². The summed E-state index contributed by atoms with van der Waals surface area (Å²) in [4.78, 5) is 0. The van der Waals surface area contributed by atoms with Crippen molar-refractivity contribution in [3.05, 3.63) is 24.3 Å². The molecule has 0 unspecified atom stereocenters. The fourth-order valence-corrected chi connectivity index (χ4v) is 0.884. The molecule has 10 heavy (non-hydrogen) atoms. The molecule has 2 N–H and O–H groups in total. The van der Waals surface area contributed by atoms with Crippen molar-refractivity contribution in [3.8, 4) is 5.88 Å². The van der Waals surface area contributed by atoms with Gasteiger partial charge in [0, 0.05) is 0 Å². The van der Waals surface area contributed by atoms with E-state index >= 15 is 0 Å². The molecule has 2 rings (SSSR count). The van der Waals surface area contributed by atoms with Gasteiger partial charge >= 0.3 is 0 Å². The van der Waals surface area contributed by atoms with Crippen molar-refractivity contribution in [3.63, 3.8) is 0 Å². The van der Waals surface area contributed by atoms with Gasteiger partial charge in [-0.05, 0) is 12.1 Å². The molecule has 0 spiro atoms. The third-order valence-corrected chi connectivity index (χ3v) is 1.36. The number of H-pyrrole nitrogens is 1. The van der Waals surface area contributed by atoms with E-state index in [-0.39, 0.29) is 5.88 Å². The molecule has 1 heterocycles. The summed E-state index contributed by atoms with van der Waals surface area (Å²) in [6.07, 6.45) is 0. The molecule has 0 aliphatic rings. The smallest absolute Gasteiger partial charge is 0.238 e. The van der Waals surface area contributed by atoms with Crippen LogP contribution >= 0.6 is 0 Å². The van der Waals surface area contributed by atoms with Gasteiger partial charge in [-0.3, -0.25) is 5.10 Å². The quantitative estimate of drug-likeness (QED) is 0.564. The van der Waals surface area contributed by atoms with Crippen molar-refractivity contribution in [1.29, 1.82) is 0 Å². The Morgan fingerprint density at radius 2 is 2.50 bits per heavy atom. The van der Waals surface area contributed by atoms with E-state index in [2.05, 4.69) is 16.3 Å². The molecule has 0 saturated carbocycles. The molecule has 3 nitrogen and oxygen atoms in total. The normalized spacial score (nSPS) is 10.4. The van der Waals surface area contributed by atoms with E-state index in [0.29, 0.717) is 5.39 Å². The Kier molecular flexibility index (Phi) is 0.917. The maximum absolute atomic E-state index is 9.04. The maximum Gasteiger partial charge on any atom is 0.238 e. The monoisotopic (exact) mass is 133 g/mol. The number of benzene rings is 1. The van der Waals surface area contributed by atoms with E-state index in [9.17, 15) is 0 Å². The lowest BCUT2D eigenvalue weighted by Crippen LogP contribution is -1.64. The summed E-state index contributed by atoms with van der Waals surface area (Å²) >= 11 is 0. The molecular formula is C7H5N2O. The van der Waals surface area contributed by atoms with Crippen LogP contribution in [-0.4, -0.2) is 15.3 Å². The zero-order valence-electron chi connectivity index (χ0n) is 5.13. The van der Waals surface area contributed by atoms with E-state index in [1.54, 1.807) is 6.07 Å². The number of nitrogens with zero attached hydrogens (tertiary/aromatic N) is 1. The van der Waals surface area contributed by atoms with Gasteiger partial charge in [-0.15, -0.1) is 5.10 Å². The summed E-state index contributed by atoms with van der Waals surface area (Å²) in [6.45, 7) is 0. The Morgan fingerprint density at radius 1 is 1.60 bits per heavy atom. The standard InChI is InChI=1S/C7H5N2O/c10-7-5-3-1-2-4-6(5)8-9-7/h1-2,4H,(H2,8,9,10). The third-order valence-electron chi connectivity index (χ3n) is 1.36. The molecule has 1 aromatic heterocycles. The SMILES string of the molecule is Oc1n[nH]c2ccc[c]c12. The minimum atomic E-state index is 0.00981. The van der Waals surface area contributed by atoms with E-state index in [1.165, 1.54) is 0 Å². The largest absolute Gasteiger partial charge is 0.492 e. The number of aromatic amines is 1. The van der Waals surface area contributed by atoms with Gasteiger partial charge < -0.3 is 5.11 Å². The minimum absolute atomic E-state index is 0.00981. The maximum atomic E-state index is 9.04. The highest BCUT2D eigenvalue weighted by Crippen LogP contribution is 2.18. The molecule has 0 saturated heterocycles. The van der Waals surface area contributed by atoms with E-state index < -0.39 is 0 Å².